The summed E-state index contributed by atoms with van der Waals surface area (Å²) in [7, 11) is 0. The summed E-state index contributed by atoms with van der Waals surface area (Å²) in [5, 5.41) is 12.6. The fourth-order valence-electron chi connectivity index (χ4n) is 2.75. The molecular formula is C15H20BrNO2S. The molecule has 0 radical (unpaired) electrons. The molecule has 5 heteroatoms. The summed E-state index contributed by atoms with van der Waals surface area (Å²) in [6, 6.07) is 5.36. The van der Waals surface area contributed by atoms with E-state index >= 15 is 0 Å². The van der Waals surface area contributed by atoms with E-state index in [0.29, 0.717) is 11.3 Å². The molecule has 1 fully saturated rings. The number of carboxylic acids is 1. The summed E-state index contributed by atoms with van der Waals surface area (Å²) in [6.45, 7) is 0.829. The first-order chi connectivity index (χ1) is 9.56. The molecule has 0 saturated heterocycles. The summed E-state index contributed by atoms with van der Waals surface area (Å²) >= 11 is 5.23. The molecule has 2 N–H and O–H groups in total. The maximum Gasteiger partial charge on any atom is 0.337 e. The summed E-state index contributed by atoms with van der Waals surface area (Å²) in [4.78, 5) is 11.3. The molecule has 3 nitrogen and oxygen atoms in total. The average Bonchev–Trinajstić information content (AvgIpc) is 2.47. The number of aromatic carboxylic acids is 1. The van der Waals surface area contributed by atoms with E-state index in [1.54, 1.807) is 6.07 Å². The maximum atomic E-state index is 11.3. The molecule has 0 spiro atoms. The molecule has 0 amide bonds. The molecule has 0 atom stereocenters. The minimum Gasteiger partial charge on any atom is -0.478 e. The van der Waals surface area contributed by atoms with Gasteiger partial charge in [0, 0.05) is 21.5 Å². The number of carboxylic acid groups (broad SMARTS) is 1. The second kappa shape index (κ2) is 6.85. The predicted molar refractivity (Wildman–Crippen MR) is 88.9 cm³/mol. The Labute approximate surface area is 132 Å². The zero-order valence-electron chi connectivity index (χ0n) is 11.6. The second-order valence-corrected chi connectivity index (χ2v) is 7.49. The van der Waals surface area contributed by atoms with Crippen molar-refractivity contribution in [1.82, 2.24) is 0 Å². The summed E-state index contributed by atoms with van der Waals surface area (Å²) in [5.74, 6) is -0.893. The molecule has 110 valence electrons. The molecule has 0 aromatic heterocycles. The number of nitrogens with one attached hydrogen (secondary N) is 1. The molecule has 0 unspecified atom stereocenters. The first-order valence-corrected chi connectivity index (χ1v) is 8.90. The molecule has 1 saturated carbocycles. The van der Waals surface area contributed by atoms with E-state index in [-0.39, 0.29) is 4.75 Å². The van der Waals surface area contributed by atoms with Gasteiger partial charge in [-0.3, -0.25) is 0 Å². The normalized spacial score (nSPS) is 17.7. The van der Waals surface area contributed by atoms with Crippen molar-refractivity contribution in [2.45, 2.75) is 36.9 Å². The highest BCUT2D eigenvalue weighted by Gasteiger charge is 2.31. The van der Waals surface area contributed by atoms with Crippen LogP contribution in [0.1, 0.15) is 42.5 Å². The zero-order chi connectivity index (χ0) is 14.6. The van der Waals surface area contributed by atoms with Crippen LogP contribution < -0.4 is 5.32 Å². The number of hydrogen-bond donors (Lipinski definition) is 2. The number of rotatable bonds is 5. The van der Waals surface area contributed by atoms with Crippen LogP contribution in [-0.2, 0) is 0 Å². The van der Waals surface area contributed by atoms with Crippen molar-refractivity contribution in [2.75, 3.05) is 18.1 Å². The lowest BCUT2D eigenvalue weighted by Crippen LogP contribution is -2.35. The van der Waals surface area contributed by atoms with E-state index < -0.39 is 5.97 Å². The van der Waals surface area contributed by atoms with E-state index in [4.69, 9.17) is 0 Å². The van der Waals surface area contributed by atoms with Crippen LogP contribution in [0.2, 0.25) is 0 Å². The molecule has 1 aromatic rings. The van der Waals surface area contributed by atoms with Crippen molar-refractivity contribution >= 4 is 39.3 Å². The Bertz CT molecular complexity index is 487. The van der Waals surface area contributed by atoms with Crippen molar-refractivity contribution in [1.29, 1.82) is 0 Å². The standard InChI is InChI=1S/C15H20BrNO2S/c1-20-15(7-3-2-4-8-15)10-17-13-6-5-11(16)9-12(13)14(18)19/h5-6,9,17H,2-4,7-8,10H2,1H3,(H,18,19). The Balaban J connectivity index is 2.11. The smallest absolute Gasteiger partial charge is 0.337 e. The van der Waals surface area contributed by atoms with E-state index in [1.165, 1.54) is 32.1 Å². The molecule has 1 aliphatic rings. The van der Waals surface area contributed by atoms with Crippen molar-refractivity contribution < 1.29 is 9.90 Å². The number of hydrogen-bond acceptors (Lipinski definition) is 3. The third kappa shape index (κ3) is 3.70. The minimum atomic E-state index is -0.893. The van der Waals surface area contributed by atoms with Gasteiger partial charge in [0.05, 0.1) is 5.56 Å². The van der Waals surface area contributed by atoms with Gasteiger partial charge in [-0.1, -0.05) is 35.2 Å². The first-order valence-electron chi connectivity index (χ1n) is 6.88. The quantitative estimate of drug-likeness (QED) is 0.806. The van der Waals surface area contributed by atoms with Gasteiger partial charge in [0.25, 0.3) is 0 Å². The van der Waals surface area contributed by atoms with Crippen LogP contribution in [0, 0.1) is 0 Å². The monoisotopic (exact) mass is 357 g/mol. The Kier molecular flexibility index (Phi) is 5.38. The fourth-order valence-corrected chi connectivity index (χ4v) is 4.03. The fraction of sp³-hybridized carbons (Fsp3) is 0.533. The van der Waals surface area contributed by atoms with Crippen LogP contribution in [0.25, 0.3) is 0 Å². The highest BCUT2D eigenvalue weighted by Crippen LogP contribution is 2.39. The van der Waals surface area contributed by atoms with Gasteiger partial charge in [-0.2, -0.15) is 11.8 Å². The lowest BCUT2D eigenvalue weighted by Gasteiger charge is -2.36. The van der Waals surface area contributed by atoms with Crippen molar-refractivity contribution in [3.05, 3.63) is 28.2 Å². The molecule has 1 aromatic carbocycles. The first kappa shape index (κ1) is 15.7. The van der Waals surface area contributed by atoms with E-state index in [9.17, 15) is 9.90 Å². The number of anilines is 1. The number of halogens is 1. The SMILES string of the molecule is CSC1(CNc2ccc(Br)cc2C(=O)O)CCCCC1. The Morgan fingerprint density at radius 3 is 2.70 bits per heavy atom. The Morgan fingerprint density at radius 1 is 1.40 bits per heavy atom. The van der Waals surface area contributed by atoms with Crippen molar-refractivity contribution in [3.8, 4) is 0 Å². The topological polar surface area (TPSA) is 49.3 Å². The van der Waals surface area contributed by atoms with Crippen LogP contribution in [0.15, 0.2) is 22.7 Å². The average molecular weight is 358 g/mol. The largest absolute Gasteiger partial charge is 0.478 e. The zero-order valence-corrected chi connectivity index (χ0v) is 14.0. The van der Waals surface area contributed by atoms with Crippen molar-refractivity contribution in [2.24, 2.45) is 0 Å². The number of carbonyl (C=O) groups is 1. The van der Waals surface area contributed by atoms with E-state index in [2.05, 4.69) is 27.5 Å². The Hall–Kier alpha value is -0.680. The number of benzene rings is 1. The van der Waals surface area contributed by atoms with E-state index in [0.717, 1.165) is 11.0 Å². The van der Waals surface area contributed by atoms with Crippen LogP contribution in [0.5, 0.6) is 0 Å². The molecule has 1 aliphatic carbocycles. The van der Waals surface area contributed by atoms with Crippen LogP contribution in [0.4, 0.5) is 5.69 Å². The maximum absolute atomic E-state index is 11.3. The summed E-state index contributed by atoms with van der Waals surface area (Å²) < 4.78 is 1.04. The third-order valence-electron chi connectivity index (χ3n) is 4.01. The molecule has 0 aliphatic heterocycles. The lowest BCUT2D eigenvalue weighted by atomic mass is 9.88. The highest BCUT2D eigenvalue weighted by atomic mass is 79.9. The number of thioether (sulfide) groups is 1. The summed E-state index contributed by atoms with van der Waals surface area (Å²) in [6.07, 6.45) is 8.44. The van der Waals surface area contributed by atoms with Gasteiger partial charge in [-0.05, 0) is 37.3 Å². The van der Waals surface area contributed by atoms with Crippen LogP contribution >= 0.6 is 27.7 Å². The summed E-state index contributed by atoms with van der Waals surface area (Å²) in [5.41, 5.74) is 1.03. The molecule has 0 bridgehead atoms. The predicted octanol–water partition coefficient (Wildman–Crippen LogP) is 4.63. The Morgan fingerprint density at radius 2 is 2.10 bits per heavy atom. The van der Waals surface area contributed by atoms with Crippen LogP contribution in [0.3, 0.4) is 0 Å². The third-order valence-corrected chi connectivity index (χ3v) is 5.92. The molecular weight excluding hydrogens is 338 g/mol. The van der Waals surface area contributed by atoms with Gasteiger partial charge in [0.2, 0.25) is 0 Å². The second-order valence-electron chi connectivity index (χ2n) is 5.30. The van der Waals surface area contributed by atoms with Gasteiger partial charge >= 0.3 is 5.97 Å². The molecule has 20 heavy (non-hydrogen) atoms. The van der Waals surface area contributed by atoms with Gasteiger partial charge < -0.3 is 10.4 Å². The van der Waals surface area contributed by atoms with Crippen molar-refractivity contribution in [3.63, 3.8) is 0 Å². The van der Waals surface area contributed by atoms with Gasteiger partial charge in [-0.15, -0.1) is 0 Å². The minimum absolute atomic E-state index is 0.251. The molecule has 2 rings (SSSR count). The van der Waals surface area contributed by atoms with Gasteiger partial charge in [-0.25, -0.2) is 4.79 Å². The van der Waals surface area contributed by atoms with E-state index in [1.807, 2.05) is 23.9 Å². The van der Waals surface area contributed by atoms with Crippen LogP contribution in [-0.4, -0.2) is 28.6 Å². The lowest BCUT2D eigenvalue weighted by molar-refractivity contribution is 0.0698. The molecule has 0 heterocycles. The van der Waals surface area contributed by atoms with Gasteiger partial charge in [0.15, 0.2) is 0 Å². The van der Waals surface area contributed by atoms with Gasteiger partial charge in [0.1, 0.15) is 0 Å². The highest BCUT2D eigenvalue weighted by molar-refractivity contribution is 9.10.